The lowest BCUT2D eigenvalue weighted by Gasteiger charge is -2.36. The quantitative estimate of drug-likeness (QED) is 0.798. The van der Waals surface area contributed by atoms with Gasteiger partial charge in [0.15, 0.2) is 0 Å². The maximum absolute atomic E-state index is 12.9. The van der Waals surface area contributed by atoms with Crippen LogP contribution in [0.2, 0.25) is 0 Å². The Hall–Kier alpha value is -0.460. The first-order valence-corrected chi connectivity index (χ1v) is 9.69. The predicted octanol–water partition coefficient (Wildman–Crippen LogP) is 1.80. The van der Waals surface area contributed by atoms with Crippen LogP contribution in [0.25, 0.3) is 0 Å². The van der Waals surface area contributed by atoms with Crippen LogP contribution in [0, 0.1) is 11.8 Å². The maximum atomic E-state index is 12.9. The summed E-state index contributed by atoms with van der Waals surface area (Å²) in [6.45, 7) is 4.03. The van der Waals surface area contributed by atoms with E-state index in [1.165, 1.54) is 0 Å². The molecule has 1 aliphatic carbocycles. The van der Waals surface area contributed by atoms with Crippen LogP contribution in [0.1, 0.15) is 51.9 Å². The van der Waals surface area contributed by atoms with Gasteiger partial charge in [0.1, 0.15) is 5.78 Å². The summed E-state index contributed by atoms with van der Waals surface area (Å²) in [5.74, 6) is 0.836. The van der Waals surface area contributed by atoms with Gasteiger partial charge in [-0.3, -0.25) is 4.79 Å². The number of piperidine rings is 1. The van der Waals surface area contributed by atoms with Crippen molar-refractivity contribution in [2.24, 2.45) is 11.8 Å². The molecule has 0 spiro atoms. The monoisotopic (exact) mass is 314 g/mol. The normalized spacial score (nSPS) is 33.9. The molecule has 6 heteroatoms. The molecule has 0 bridgehead atoms. The minimum absolute atomic E-state index is 0.0500. The lowest BCUT2D eigenvalue weighted by atomic mass is 9.96. The Bertz CT molecular complexity index is 497. The number of carbonyl (C=O) groups is 1. The van der Waals surface area contributed by atoms with E-state index in [9.17, 15) is 13.2 Å². The molecular weight excluding hydrogens is 288 g/mol. The van der Waals surface area contributed by atoms with Crippen molar-refractivity contribution >= 4 is 16.0 Å². The SMILES string of the molecule is CC1CCN(S(=O)(=O)N2CCCC2C2CCCC2=O)CC1. The molecule has 0 amide bonds. The third kappa shape index (κ3) is 2.90. The molecule has 0 aromatic heterocycles. The lowest BCUT2D eigenvalue weighted by Crippen LogP contribution is -2.50. The lowest BCUT2D eigenvalue weighted by molar-refractivity contribution is -0.121. The number of carbonyl (C=O) groups excluding carboxylic acids is 1. The molecule has 1 saturated carbocycles. The first kappa shape index (κ1) is 15.4. The summed E-state index contributed by atoms with van der Waals surface area (Å²) in [4.78, 5) is 12.0. The zero-order chi connectivity index (χ0) is 15.0. The molecule has 2 aliphatic heterocycles. The highest BCUT2D eigenvalue weighted by atomic mass is 32.2. The van der Waals surface area contributed by atoms with Crippen molar-refractivity contribution in [3.63, 3.8) is 0 Å². The van der Waals surface area contributed by atoms with E-state index < -0.39 is 10.2 Å². The standard InChI is InChI=1S/C15H26N2O3S/c1-12-7-10-16(11-8-12)21(19,20)17-9-3-5-14(17)13-4-2-6-15(13)18/h12-14H,2-11H2,1H3. The van der Waals surface area contributed by atoms with Crippen molar-refractivity contribution in [3.8, 4) is 0 Å². The summed E-state index contributed by atoms with van der Waals surface area (Å²) in [5.41, 5.74) is 0. The maximum Gasteiger partial charge on any atom is 0.282 e. The average molecular weight is 314 g/mol. The van der Waals surface area contributed by atoms with Crippen molar-refractivity contribution in [3.05, 3.63) is 0 Å². The Kier molecular flexibility index (Phi) is 4.39. The summed E-state index contributed by atoms with van der Waals surface area (Å²) >= 11 is 0. The molecule has 3 aliphatic rings. The van der Waals surface area contributed by atoms with E-state index in [-0.39, 0.29) is 17.7 Å². The van der Waals surface area contributed by atoms with E-state index in [1.54, 1.807) is 8.61 Å². The Morgan fingerprint density at radius 3 is 2.33 bits per heavy atom. The van der Waals surface area contributed by atoms with Crippen LogP contribution in [-0.2, 0) is 15.0 Å². The van der Waals surface area contributed by atoms with E-state index in [0.29, 0.717) is 32.0 Å². The van der Waals surface area contributed by atoms with Gasteiger partial charge in [0, 0.05) is 38.0 Å². The molecule has 2 saturated heterocycles. The van der Waals surface area contributed by atoms with Crippen molar-refractivity contribution in [1.29, 1.82) is 0 Å². The van der Waals surface area contributed by atoms with Gasteiger partial charge >= 0.3 is 0 Å². The van der Waals surface area contributed by atoms with Crippen LogP contribution in [0.3, 0.4) is 0 Å². The van der Waals surface area contributed by atoms with Crippen LogP contribution in [-0.4, -0.2) is 48.5 Å². The zero-order valence-corrected chi connectivity index (χ0v) is 13.6. The summed E-state index contributed by atoms with van der Waals surface area (Å²) < 4.78 is 29.1. The van der Waals surface area contributed by atoms with Crippen molar-refractivity contribution in [2.45, 2.75) is 57.9 Å². The molecular formula is C15H26N2O3S. The summed E-state index contributed by atoms with van der Waals surface area (Å²) in [6.07, 6.45) is 6.05. The van der Waals surface area contributed by atoms with Crippen LogP contribution in [0.15, 0.2) is 0 Å². The minimum Gasteiger partial charge on any atom is -0.299 e. The summed E-state index contributed by atoms with van der Waals surface area (Å²) in [5, 5.41) is 0. The second kappa shape index (κ2) is 5.97. The van der Waals surface area contributed by atoms with Crippen LogP contribution < -0.4 is 0 Å². The summed E-state index contributed by atoms with van der Waals surface area (Å²) in [6, 6.07) is -0.0793. The summed E-state index contributed by atoms with van der Waals surface area (Å²) in [7, 11) is -3.38. The molecule has 3 fully saturated rings. The molecule has 0 radical (unpaired) electrons. The van der Waals surface area contributed by atoms with E-state index in [0.717, 1.165) is 38.5 Å². The molecule has 5 nitrogen and oxygen atoms in total. The van der Waals surface area contributed by atoms with E-state index >= 15 is 0 Å². The molecule has 21 heavy (non-hydrogen) atoms. The third-order valence-electron chi connectivity index (χ3n) is 5.43. The zero-order valence-electron chi connectivity index (χ0n) is 12.8. The highest BCUT2D eigenvalue weighted by Gasteiger charge is 2.45. The molecule has 0 N–H and O–H groups in total. The van der Waals surface area contributed by atoms with Gasteiger partial charge in [-0.1, -0.05) is 6.92 Å². The second-order valence-corrected chi connectivity index (χ2v) is 8.76. The Balaban J connectivity index is 1.76. The Labute approximate surface area is 127 Å². The van der Waals surface area contributed by atoms with E-state index in [4.69, 9.17) is 0 Å². The number of rotatable bonds is 3. The molecule has 2 atom stereocenters. The molecule has 2 heterocycles. The predicted molar refractivity (Wildman–Crippen MR) is 81.0 cm³/mol. The van der Waals surface area contributed by atoms with Gasteiger partial charge < -0.3 is 0 Å². The van der Waals surface area contributed by atoms with Gasteiger partial charge in [-0.2, -0.15) is 17.0 Å². The minimum atomic E-state index is -3.38. The number of hydrogen-bond donors (Lipinski definition) is 0. The largest absolute Gasteiger partial charge is 0.299 e. The smallest absolute Gasteiger partial charge is 0.282 e. The van der Waals surface area contributed by atoms with Crippen LogP contribution in [0.5, 0.6) is 0 Å². The topological polar surface area (TPSA) is 57.7 Å². The van der Waals surface area contributed by atoms with Gasteiger partial charge in [0.25, 0.3) is 10.2 Å². The number of hydrogen-bond acceptors (Lipinski definition) is 3. The van der Waals surface area contributed by atoms with Crippen molar-refractivity contribution in [1.82, 2.24) is 8.61 Å². The van der Waals surface area contributed by atoms with Crippen LogP contribution in [0.4, 0.5) is 0 Å². The van der Waals surface area contributed by atoms with E-state index in [1.807, 2.05) is 0 Å². The van der Waals surface area contributed by atoms with Gasteiger partial charge in [-0.15, -0.1) is 0 Å². The fourth-order valence-corrected chi connectivity index (χ4v) is 5.99. The highest BCUT2D eigenvalue weighted by molar-refractivity contribution is 7.86. The third-order valence-corrected chi connectivity index (χ3v) is 7.49. The van der Waals surface area contributed by atoms with E-state index in [2.05, 4.69) is 6.92 Å². The Morgan fingerprint density at radius 1 is 1.00 bits per heavy atom. The van der Waals surface area contributed by atoms with Gasteiger partial charge in [-0.25, -0.2) is 0 Å². The van der Waals surface area contributed by atoms with Gasteiger partial charge in [0.2, 0.25) is 0 Å². The number of nitrogens with zero attached hydrogens (tertiary/aromatic N) is 2. The Morgan fingerprint density at radius 2 is 1.71 bits per heavy atom. The fourth-order valence-electron chi connectivity index (χ4n) is 4.07. The van der Waals surface area contributed by atoms with Gasteiger partial charge in [-0.05, 0) is 44.4 Å². The molecule has 3 rings (SSSR count). The van der Waals surface area contributed by atoms with Crippen molar-refractivity contribution in [2.75, 3.05) is 19.6 Å². The molecule has 0 aromatic carbocycles. The molecule has 0 aromatic rings. The average Bonchev–Trinajstić information content (AvgIpc) is 3.07. The fraction of sp³-hybridized carbons (Fsp3) is 0.933. The highest BCUT2D eigenvalue weighted by Crippen LogP contribution is 2.36. The van der Waals surface area contributed by atoms with Gasteiger partial charge in [0.05, 0.1) is 0 Å². The van der Waals surface area contributed by atoms with Crippen LogP contribution >= 0.6 is 0 Å². The second-order valence-electron chi connectivity index (χ2n) is 6.87. The molecule has 2 unspecified atom stereocenters. The first-order chi connectivity index (χ1) is 10.00. The number of Topliss-reactive ketones (excluding diaryl/α,β-unsaturated/α-hetero) is 1. The van der Waals surface area contributed by atoms with Crippen molar-refractivity contribution < 1.29 is 13.2 Å². The molecule has 120 valence electrons. The first-order valence-electron chi connectivity index (χ1n) is 8.30. The number of ketones is 1.